The van der Waals surface area contributed by atoms with Gasteiger partial charge in [-0.1, -0.05) is 24.3 Å². The third-order valence-corrected chi connectivity index (χ3v) is 5.36. The predicted octanol–water partition coefficient (Wildman–Crippen LogP) is 3.20. The van der Waals surface area contributed by atoms with Gasteiger partial charge < -0.3 is 5.32 Å². The summed E-state index contributed by atoms with van der Waals surface area (Å²) in [6.45, 7) is 3.31. The van der Waals surface area contributed by atoms with Crippen LogP contribution < -0.4 is 5.32 Å². The summed E-state index contributed by atoms with van der Waals surface area (Å²) in [5.74, 6) is -0.237. The van der Waals surface area contributed by atoms with E-state index < -0.39 is 11.7 Å². The lowest BCUT2D eigenvalue weighted by molar-refractivity contribution is -0.137. The first kappa shape index (κ1) is 18.9. The average Bonchev–Trinajstić information content (AvgIpc) is 3.36. The van der Waals surface area contributed by atoms with Crippen LogP contribution in [0.15, 0.2) is 30.5 Å². The molecule has 2 heterocycles. The molecule has 1 aromatic carbocycles. The van der Waals surface area contributed by atoms with Gasteiger partial charge in [-0.2, -0.15) is 13.2 Å². The second-order valence-electron chi connectivity index (χ2n) is 7.48. The van der Waals surface area contributed by atoms with Crippen molar-refractivity contribution in [3.63, 3.8) is 0 Å². The van der Waals surface area contributed by atoms with Crippen molar-refractivity contribution in [2.75, 3.05) is 13.1 Å². The number of benzene rings is 1. The molecule has 1 aliphatic carbocycles. The van der Waals surface area contributed by atoms with Crippen LogP contribution in [-0.4, -0.2) is 44.9 Å². The van der Waals surface area contributed by atoms with E-state index >= 15 is 0 Å². The first-order valence-electron chi connectivity index (χ1n) is 9.49. The van der Waals surface area contributed by atoms with Crippen LogP contribution >= 0.6 is 0 Å². The lowest BCUT2D eigenvalue weighted by atomic mass is 9.96. The first-order chi connectivity index (χ1) is 13.3. The second-order valence-corrected chi connectivity index (χ2v) is 7.48. The SMILES string of the molecule is CCC(c1ccc(C(F)(F)F)cc1)N1CC(NC(=O)c2cn(C3CC3)nn2)C1. The Morgan fingerprint density at radius 2 is 1.93 bits per heavy atom. The van der Waals surface area contributed by atoms with Crippen LogP contribution in [0.2, 0.25) is 0 Å². The van der Waals surface area contributed by atoms with Crippen molar-refractivity contribution >= 4 is 5.91 Å². The molecule has 1 N–H and O–H groups in total. The van der Waals surface area contributed by atoms with Crippen molar-refractivity contribution in [3.05, 3.63) is 47.3 Å². The van der Waals surface area contributed by atoms with Gasteiger partial charge in [0, 0.05) is 19.1 Å². The number of carbonyl (C=O) groups excluding carboxylic acids is 1. The Morgan fingerprint density at radius 3 is 2.50 bits per heavy atom. The van der Waals surface area contributed by atoms with Crippen LogP contribution in [0.5, 0.6) is 0 Å². The number of hydrogen-bond acceptors (Lipinski definition) is 4. The quantitative estimate of drug-likeness (QED) is 0.819. The molecule has 0 radical (unpaired) electrons. The Hall–Kier alpha value is -2.42. The van der Waals surface area contributed by atoms with E-state index in [2.05, 4.69) is 20.5 Å². The summed E-state index contributed by atoms with van der Waals surface area (Å²) < 4.78 is 40.0. The van der Waals surface area contributed by atoms with Crippen LogP contribution in [-0.2, 0) is 6.18 Å². The summed E-state index contributed by atoms with van der Waals surface area (Å²) in [6, 6.07) is 5.74. The number of alkyl halides is 3. The van der Waals surface area contributed by atoms with Crippen molar-refractivity contribution in [3.8, 4) is 0 Å². The second kappa shape index (κ2) is 7.20. The smallest absolute Gasteiger partial charge is 0.345 e. The normalized spacial score (nSPS) is 19.3. The molecule has 6 nitrogen and oxygen atoms in total. The van der Waals surface area contributed by atoms with Gasteiger partial charge in [0.2, 0.25) is 0 Å². The predicted molar refractivity (Wildman–Crippen MR) is 95.6 cm³/mol. The molecule has 4 rings (SSSR count). The molecule has 1 amide bonds. The Bertz CT molecular complexity index is 838. The molecular formula is C19H22F3N5O. The zero-order valence-electron chi connectivity index (χ0n) is 15.5. The maximum absolute atomic E-state index is 12.7. The highest BCUT2D eigenvalue weighted by atomic mass is 19.4. The minimum Gasteiger partial charge on any atom is -0.345 e. The molecule has 2 fully saturated rings. The van der Waals surface area contributed by atoms with Crippen molar-refractivity contribution < 1.29 is 18.0 Å². The van der Waals surface area contributed by atoms with E-state index in [-0.39, 0.29) is 18.0 Å². The Morgan fingerprint density at radius 1 is 1.25 bits per heavy atom. The summed E-state index contributed by atoms with van der Waals surface area (Å²) in [5, 5.41) is 10.9. The topological polar surface area (TPSA) is 63.1 Å². The Kier molecular flexibility index (Phi) is 4.86. The number of carbonyl (C=O) groups is 1. The third-order valence-electron chi connectivity index (χ3n) is 5.36. The van der Waals surface area contributed by atoms with Gasteiger partial charge in [0.05, 0.1) is 23.8 Å². The summed E-state index contributed by atoms with van der Waals surface area (Å²) in [4.78, 5) is 14.5. The molecule has 28 heavy (non-hydrogen) atoms. The third kappa shape index (κ3) is 3.89. The van der Waals surface area contributed by atoms with Crippen LogP contribution in [0, 0.1) is 0 Å². The first-order valence-corrected chi connectivity index (χ1v) is 9.49. The fraction of sp³-hybridized carbons (Fsp3) is 0.526. The Labute approximate surface area is 160 Å². The van der Waals surface area contributed by atoms with Gasteiger partial charge in [0.25, 0.3) is 5.91 Å². The van der Waals surface area contributed by atoms with Crippen LogP contribution in [0.3, 0.4) is 0 Å². The molecular weight excluding hydrogens is 371 g/mol. The lowest BCUT2D eigenvalue weighted by Crippen LogP contribution is -2.59. The zero-order chi connectivity index (χ0) is 19.9. The summed E-state index contributed by atoms with van der Waals surface area (Å²) in [5.41, 5.74) is 0.534. The molecule has 9 heteroatoms. The standard InChI is InChI=1S/C19H22F3N5O/c1-2-17(12-3-5-13(6-4-12)19(20,21)22)26-9-14(10-26)23-18(28)16-11-27(25-24-16)15-7-8-15/h3-6,11,14-15,17H,2,7-10H2,1H3,(H,23,28). The monoisotopic (exact) mass is 393 g/mol. The molecule has 0 spiro atoms. The number of nitrogens with zero attached hydrogens (tertiary/aromatic N) is 4. The van der Waals surface area contributed by atoms with Crippen molar-refractivity contribution in [2.45, 2.75) is 50.5 Å². The molecule has 150 valence electrons. The number of halogens is 3. The lowest BCUT2D eigenvalue weighted by Gasteiger charge is -2.44. The van der Waals surface area contributed by atoms with Gasteiger partial charge in [-0.3, -0.25) is 9.69 Å². The Balaban J connectivity index is 1.32. The molecule has 1 saturated heterocycles. The summed E-state index contributed by atoms with van der Waals surface area (Å²) >= 11 is 0. The average molecular weight is 393 g/mol. The van der Waals surface area contributed by atoms with Gasteiger partial charge in [-0.05, 0) is 37.0 Å². The minimum absolute atomic E-state index is 0.00192. The maximum atomic E-state index is 12.7. The van der Waals surface area contributed by atoms with Crippen molar-refractivity contribution in [1.29, 1.82) is 0 Å². The van der Waals surface area contributed by atoms with Gasteiger partial charge in [-0.15, -0.1) is 5.10 Å². The molecule has 0 bridgehead atoms. The van der Waals surface area contributed by atoms with Gasteiger partial charge >= 0.3 is 6.18 Å². The molecule has 1 aliphatic heterocycles. The largest absolute Gasteiger partial charge is 0.416 e. The summed E-state index contributed by atoms with van der Waals surface area (Å²) in [6.07, 6.45) is 0.282. The van der Waals surface area contributed by atoms with Gasteiger partial charge in [0.1, 0.15) is 0 Å². The van der Waals surface area contributed by atoms with E-state index in [1.54, 1.807) is 23.0 Å². The van der Waals surface area contributed by atoms with E-state index in [9.17, 15) is 18.0 Å². The van der Waals surface area contributed by atoms with Crippen LogP contribution in [0.25, 0.3) is 0 Å². The summed E-state index contributed by atoms with van der Waals surface area (Å²) in [7, 11) is 0. The molecule has 1 unspecified atom stereocenters. The highest BCUT2D eigenvalue weighted by molar-refractivity contribution is 5.92. The van der Waals surface area contributed by atoms with E-state index in [4.69, 9.17) is 0 Å². The van der Waals surface area contributed by atoms with E-state index in [0.717, 1.165) is 37.0 Å². The molecule has 1 atom stereocenters. The maximum Gasteiger partial charge on any atom is 0.416 e. The number of amides is 1. The number of nitrogens with one attached hydrogen (secondary N) is 1. The molecule has 2 aromatic rings. The highest BCUT2D eigenvalue weighted by Crippen LogP contribution is 2.34. The van der Waals surface area contributed by atoms with Crippen LogP contribution in [0.1, 0.15) is 59.9 Å². The molecule has 1 aromatic heterocycles. The highest BCUT2D eigenvalue weighted by Gasteiger charge is 2.35. The van der Waals surface area contributed by atoms with E-state index in [1.807, 2.05) is 6.92 Å². The minimum atomic E-state index is -4.33. The van der Waals surface area contributed by atoms with Gasteiger partial charge in [0.15, 0.2) is 5.69 Å². The number of rotatable bonds is 6. The van der Waals surface area contributed by atoms with Crippen LogP contribution in [0.4, 0.5) is 13.2 Å². The fourth-order valence-corrected chi connectivity index (χ4v) is 3.62. The number of likely N-dealkylation sites (tertiary alicyclic amines) is 1. The number of hydrogen-bond donors (Lipinski definition) is 1. The van der Waals surface area contributed by atoms with Crippen molar-refractivity contribution in [1.82, 2.24) is 25.2 Å². The number of aromatic nitrogens is 3. The van der Waals surface area contributed by atoms with E-state index in [0.29, 0.717) is 24.8 Å². The molecule has 2 aliphatic rings. The van der Waals surface area contributed by atoms with Crippen molar-refractivity contribution in [2.24, 2.45) is 0 Å². The zero-order valence-corrected chi connectivity index (χ0v) is 15.5. The van der Waals surface area contributed by atoms with Gasteiger partial charge in [-0.25, -0.2) is 4.68 Å². The van der Waals surface area contributed by atoms with E-state index in [1.165, 1.54) is 0 Å². The fourth-order valence-electron chi connectivity index (χ4n) is 3.62. The molecule has 1 saturated carbocycles.